The quantitative estimate of drug-likeness (QED) is 0.892. The van der Waals surface area contributed by atoms with Crippen LogP contribution in [0, 0.1) is 6.92 Å². The standard InChI is InChI=1S/C17H21NO/c1-12-5-6-15-10-16(8-7-14(15)9-12)17(3,4)11-18-13(2)19/h5-10H,11H2,1-4H3,(H,18,19). The topological polar surface area (TPSA) is 29.1 Å². The summed E-state index contributed by atoms with van der Waals surface area (Å²) in [7, 11) is 0. The van der Waals surface area contributed by atoms with Crippen molar-refractivity contribution in [3.05, 3.63) is 47.5 Å². The Hall–Kier alpha value is -1.83. The number of nitrogens with one attached hydrogen (secondary N) is 1. The number of rotatable bonds is 3. The zero-order valence-electron chi connectivity index (χ0n) is 12.1. The monoisotopic (exact) mass is 255 g/mol. The molecular weight excluding hydrogens is 234 g/mol. The number of amides is 1. The minimum atomic E-state index is -0.0647. The van der Waals surface area contributed by atoms with Crippen LogP contribution in [0.25, 0.3) is 10.8 Å². The van der Waals surface area contributed by atoms with Gasteiger partial charge in [0.05, 0.1) is 0 Å². The van der Waals surface area contributed by atoms with Crippen LogP contribution < -0.4 is 5.32 Å². The molecule has 1 N–H and O–H groups in total. The molecule has 0 bridgehead atoms. The molecule has 2 rings (SSSR count). The number of hydrogen-bond acceptors (Lipinski definition) is 1. The third-order valence-electron chi connectivity index (χ3n) is 3.56. The Balaban J connectivity index is 2.34. The second-order valence-corrected chi connectivity index (χ2v) is 5.86. The molecule has 0 radical (unpaired) electrons. The first-order valence-electron chi connectivity index (χ1n) is 6.64. The molecule has 0 aliphatic rings. The summed E-state index contributed by atoms with van der Waals surface area (Å²) < 4.78 is 0. The second kappa shape index (κ2) is 5.04. The third-order valence-corrected chi connectivity index (χ3v) is 3.56. The van der Waals surface area contributed by atoms with Gasteiger partial charge in [-0.3, -0.25) is 4.79 Å². The van der Waals surface area contributed by atoms with E-state index in [1.54, 1.807) is 6.92 Å². The van der Waals surface area contributed by atoms with Crippen LogP contribution in [0.3, 0.4) is 0 Å². The van der Waals surface area contributed by atoms with Gasteiger partial charge >= 0.3 is 0 Å². The van der Waals surface area contributed by atoms with E-state index in [0.29, 0.717) is 6.54 Å². The number of aryl methyl sites for hydroxylation is 1. The van der Waals surface area contributed by atoms with Crippen LogP contribution in [-0.4, -0.2) is 12.5 Å². The number of hydrogen-bond donors (Lipinski definition) is 1. The predicted octanol–water partition coefficient (Wildman–Crippen LogP) is 3.56. The first-order chi connectivity index (χ1) is 8.88. The SMILES string of the molecule is CC(=O)NCC(C)(C)c1ccc2cc(C)ccc2c1. The van der Waals surface area contributed by atoms with Crippen molar-refractivity contribution in [1.29, 1.82) is 0 Å². The number of carbonyl (C=O) groups is 1. The molecule has 0 heterocycles. The smallest absolute Gasteiger partial charge is 0.216 e. The summed E-state index contributed by atoms with van der Waals surface area (Å²) in [6.45, 7) is 8.61. The number of carbonyl (C=O) groups excluding carboxylic acids is 1. The van der Waals surface area contributed by atoms with E-state index < -0.39 is 0 Å². The van der Waals surface area contributed by atoms with Gasteiger partial charge in [0.2, 0.25) is 5.91 Å². The average molecular weight is 255 g/mol. The minimum absolute atomic E-state index is 0.0180. The molecule has 0 spiro atoms. The van der Waals surface area contributed by atoms with Crippen LogP contribution in [0.15, 0.2) is 36.4 Å². The van der Waals surface area contributed by atoms with Crippen LogP contribution in [0.1, 0.15) is 31.9 Å². The van der Waals surface area contributed by atoms with Gasteiger partial charge in [0.1, 0.15) is 0 Å². The maximum Gasteiger partial charge on any atom is 0.216 e. The number of benzene rings is 2. The van der Waals surface area contributed by atoms with Crippen LogP contribution in [0.4, 0.5) is 0 Å². The van der Waals surface area contributed by atoms with Crippen molar-refractivity contribution in [2.24, 2.45) is 0 Å². The minimum Gasteiger partial charge on any atom is -0.355 e. The molecule has 0 aliphatic heterocycles. The summed E-state index contributed by atoms with van der Waals surface area (Å²) in [6, 6.07) is 13.0. The van der Waals surface area contributed by atoms with Gasteiger partial charge in [0.15, 0.2) is 0 Å². The van der Waals surface area contributed by atoms with Crippen molar-refractivity contribution in [3.63, 3.8) is 0 Å². The van der Waals surface area contributed by atoms with Gasteiger partial charge in [0, 0.05) is 18.9 Å². The van der Waals surface area contributed by atoms with Gasteiger partial charge in [-0.05, 0) is 23.3 Å². The summed E-state index contributed by atoms with van der Waals surface area (Å²) in [4.78, 5) is 11.1. The molecule has 0 aromatic heterocycles. The van der Waals surface area contributed by atoms with Crippen LogP contribution in [0.5, 0.6) is 0 Å². The Morgan fingerprint density at radius 3 is 2.42 bits per heavy atom. The normalized spacial score (nSPS) is 11.6. The van der Waals surface area contributed by atoms with Gasteiger partial charge in [-0.2, -0.15) is 0 Å². The summed E-state index contributed by atoms with van der Waals surface area (Å²) >= 11 is 0. The van der Waals surface area contributed by atoms with E-state index in [0.717, 1.165) is 0 Å². The summed E-state index contributed by atoms with van der Waals surface area (Å²) in [5.74, 6) is 0.0180. The zero-order valence-corrected chi connectivity index (χ0v) is 12.1. The Morgan fingerprint density at radius 1 is 1.11 bits per heavy atom. The molecular formula is C17H21NO. The Kier molecular flexibility index (Phi) is 3.61. The summed E-state index contributed by atoms with van der Waals surface area (Å²) in [6.07, 6.45) is 0. The molecule has 2 heteroatoms. The van der Waals surface area contributed by atoms with Crippen molar-refractivity contribution in [2.45, 2.75) is 33.1 Å². The highest BCUT2D eigenvalue weighted by molar-refractivity contribution is 5.84. The van der Waals surface area contributed by atoms with Gasteiger partial charge in [-0.25, -0.2) is 0 Å². The second-order valence-electron chi connectivity index (χ2n) is 5.86. The van der Waals surface area contributed by atoms with Crippen molar-refractivity contribution < 1.29 is 4.79 Å². The maximum absolute atomic E-state index is 11.1. The molecule has 19 heavy (non-hydrogen) atoms. The zero-order chi connectivity index (χ0) is 14.0. The van der Waals surface area contributed by atoms with E-state index in [4.69, 9.17) is 0 Å². The Bertz CT molecular complexity index is 614. The van der Waals surface area contributed by atoms with Crippen molar-refractivity contribution in [3.8, 4) is 0 Å². The molecule has 2 aromatic carbocycles. The highest BCUT2D eigenvalue weighted by Gasteiger charge is 2.21. The van der Waals surface area contributed by atoms with Crippen LogP contribution in [0.2, 0.25) is 0 Å². The van der Waals surface area contributed by atoms with Crippen molar-refractivity contribution >= 4 is 16.7 Å². The Labute approximate surface area is 114 Å². The number of fused-ring (bicyclic) bond motifs is 1. The fourth-order valence-electron chi connectivity index (χ4n) is 2.23. The first kappa shape index (κ1) is 13.6. The van der Waals surface area contributed by atoms with E-state index >= 15 is 0 Å². The van der Waals surface area contributed by atoms with Gasteiger partial charge in [-0.15, -0.1) is 0 Å². The average Bonchev–Trinajstić information content (AvgIpc) is 2.36. The lowest BCUT2D eigenvalue weighted by molar-refractivity contribution is -0.119. The molecule has 100 valence electrons. The van der Waals surface area contributed by atoms with E-state index in [2.05, 4.69) is 62.5 Å². The fourth-order valence-corrected chi connectivity index (χ4v) is 2.23. The van der Waals surface area contributed by atoms with E-state index in [9.17, 15) is 4.79 Å². The van der Waals surface area contributed by atoms with E-state index in [1.807, 2.05) is 0 Å². The summed E-state index contributed by atoms with van der Waals surface area (Å²) in [5, 5.41) is 5.41. The first-order valence-corrected chi connectivity index (χ1v) is 6.64. The lowest BCUT2D eigenvalue weighted by Crippen LogP contribution is -2.35. The lowest BCUT2D eigenvalue weighted by atomic mass is 9.83. The molecule has 0 unspecified atom stereocenters. The molecule has 0 aliphatic carbocycles. The molecule has 0 atom stereocenters. The van der Waals surface area contributed by atoms with Gasteiger partial charge in [-0.1, -0.05) is 55.8 Å². The fraction of sp³-hybridized carbons (Fsp3) is 0.353. The molecule has 0 fully saturated rings. The van der Waals surface area contributed by atoms with Gasteiger partial charge < -0.3 is 5.32 Å². The van der Waals surface area contributed by atoms with Crippen LogP contribution in [-0.2, 0) is 10.2 Å². The largest absolute Gasteiger partial charge is 0.355 e. The molecule has 0 saturated heterocycles. The maximum atomic E-state index is 11.1. The van der Waals surface area contributed by atoms with E-state index in [-0.39, 0.29) is 11.3 Å². The highest BCUT2D eigenvalue weighted by Crippen LogP contribution is 2.26. The van der Waals surface area contributed by atoms with Crippen molar-refractivity contribution in [2.75, 3.05) is 6.54 Å². The Morgan fingerprint density at radius 2 is 1.74 bits per heavy atom. The lowest BCUT2D eigenvalue weighted by Gasteiger charge is -2.25. The highest BCUT2D eigenvalue weighted by atomic mass is 16.1. The summed E-state index contributed by atoms with van der Waals surface area (Å²) in [5.41, 5.74) is 2.46. The van der Waals surface area contributed by atoms with Gasteiger partial charge in [0.25, 0.3) is 0 Å². The molecule has 2 nitrogen and oxygen atoms in total. The van der Waals surface area contributed by atoms with E-state index in [1.165, 1.54) is 21.9 Å². The van der Waals surface area contributed by atoms with Crippen LogP contribution >= 0.6 is 0 Å². The predicted molar refractivity (Wildman–Crippen MR) is 80.4 cm³/mol. The molecule has 1 amide bonds. The molecule has 0 saturated carbocycles. The molecule has 2 aromatic rings. The third kappa shape index (κ3) is 3.14. The van der Waals surface area contributed by atoms with Crippen molar-refractivity contribution in [1.82, 2.24) is 5.32 Å².